The summed E-state index contributed by atoms with van der Waals surface area (Å²) in [4.78, 5) is 4.50. The number of pyridine rings is 1. The first-order chi connectivity index (χ1) is 12.3. The predicted molar refractivity (Wildman–Crippen MR) is 105 cm³/mol. The number of aryl methyl sites for hydroxylation is 1. The molecule has 0 bridgehead atoms. The van der Waals surface area contributed by atoms with Crippen molar-refractivity contribution in [3.8, 4) is 17.0 Å². The van der Waals surface area contributed by atoms with Crippen LogP contribution in [0.15, 0.2) is 42.6 Å². The first kappa shape index (κ1) is 18.0. The van der Waals surface area contributed by atoms with Gasteiger partial charge in [-0.15, -0.1) is 0 Å². The Bertz CT molecular complexity index is 624. The Morgan fingerprint density at radius 3 is 2.16 bits per heavy atom. The van der Waals surface area contributed by atoms with Crippen molar-refractivity contribution in [2.24, 2.45) is 11.8 Å². The molecule has 1 heterocycles. The van der Waals surface area contributed by atoms with Gasteiger partial charge in [-0.2, -0.15) is 0 Å². The Labute approximate surface area is 152 Å². The highest BCUT2D eigenvalue weighted by atomic mass is 16.5. The minimum Gasteiger partial charge on any atom is -0.477 e. The second-order valence-corrected chi connectivity index (χ2v) is 7.42. The molecular weight excluding hydrogens is 306 g/mol. The average molecular weight is 338 g/mol. The van der Waals surface area contributed by atoms with Crippen LogP contribution in [0.1, 0.15) is 57.9 Å². The summed E-state index contributed by atoms with van der Waals surface area (Å²) in [5.41, 5.74) is 3.73. The molecule has 3 rings (SSSR count). The van der Waals surface area contributed by atoms with Crippen LogP contribution in [0, 0.1) is 11.8 Å². The largest absolute Gasteiger partial charge is 0.477 e. The molecule has 25 heavy (non-hydrogen) atoms. The minimum atomic E-state index is 0.705. The van der Waals surface area contributed by atoms with Crippen LogP contribution in [0.4, 0.5) is 0 Å². The number of ether oxygens (including phenoxy) is 1. The van der Waals surface area contributed by atoms with Crippen molar-refractivity contribution in [2.75, 3.05) is 6.61 Å². The summed E-state index contributed by atoms with van der Waals surface area (Å²) in [7, 11) is 0. The van der Waals surface area contributed by atoms with Gasteiger partial charge in [-0.05, 0) is 48.3 Å². The lowest BCUT2D eigenvalue weighted by molar-refractivity contribution is 0.174. The fourth-order valence-corrected chi connectivity index (χ4v) is 3.87. The molecule has 1 aliphatic carbocycles. The van der Waals surface area contributed by atoms with Crippen molar-refractivity contribution >= 4 is 0 Å². The minimum absolute atomic E-state index is 0.705. The van der Waals surface area contributed by atoms with Crippen molar-refractivity contribution in [3.05, 3.63) is 48.2 Å². The molecular formula is C23H31NO. The maximum Gasteiger partial charge on any atom is 0.213 e. The SMILES string of the molecule is CCCC1CCC(COc2ccc(-c3ccc(CC)cc3)cn2)CC1. The second kappa shape index (κ2) is 9.03. The third-order valence-electron chi connectivity index (χ3n) is 5.56. The lowest BCUT2D eigenvalue weighted by Gasteiger charge is -2.28. The van der Waals surface area contributed by atoms with Gasteiger partial charge in [-0.1, -0.05) is 63.8 Å². The number of nitrogens with zero attached hydrogens (tertiary/aromatic N) is 1. The van der Waals surface area contributed by atoms with E-state index in [1.807, 2.05) is 12.3 Å². The highest BCUT2D eigenvalue weighted by Crippen LogP contribution is 2.31. The van der Waals surface area contributed by atoms with Gasteiger partial charge in [0.25, 0.3) is 0 Å². The number of aromatic nitrogens is 1. The van der Waals surface area contributed by atoms with Gasteiger partial charge in [0.15, 0.2) is 0 Å². The second-order valence-electron chi connectivity index (χ2n) is 7.42. The van der Waals surface area contributed by atoms with E-state index in [1.54, 1.807) is 0 Å². The third-order valence-corrected chi connectivity index (χ3v) is 5.56. The Morgan fingerprint density at radius 2 is 1.56 bits per heavy atom. The molecule has 1 aromatic heterocycles. The normalized spacial score (nSPS) is 20.4. The monoisotopic (exact) mass is 337 g/mol. The van der Waals surface area contributed by atoms with Crippen LogP contribution in [0.2, 0.25) is 0 Å². The molecule has 2 heteroatoms. The summed E-state index contributed by atoms with van der Waals surface area (Å²) in [6, 6.07) is 12.8. The quantitative estimate of drug-likeness (QED) is 0.592. The first-order valence-electron chi connectivity index (χ1n) is 9.96. The van der Waals surface area contributed by atoms with Crippen molar-refractivity contribution in [2.45, 2.75) is 58.8 Å². The molecule has 1 aliphatic rings. The van der Waals surface area contributed by atoms with Gasteiger partial charge in [0.05, 0.1) is 6.61 Å². The third kappa shape index (κ3) is 5.07. The van der Waals surface area contributed by atoms with Gasteiger partial charge in [0.2, 0.25) is 5.88 Å². The first-order valence-corrected chi connectivity index (χ1v) is 9.96. The van der Waals surface area contributed by atoms with Gasteiger partial charge < -0.3 is 4.74 Å². The molecule has 0 radical (unpaired) electrons. The molecule has 1 saturated carbocycles. The maximum absolute atomic E-state index is 5.96. The zero-order valence-corrected chi connectivity index (χ0v) is 15.7. The molecule has 0 spiro atoms. The van der Waals surface area contributed by atoms with E-state index in [-0.39, 0.29) is 0 Å². The molecule has 0 aliphatic heterocycles. The van der Waals surface area contributed by atoms with E-state index < -0.39 is 0 Å². The Kier molecular flexibility index (Phi) is 6.49. The molecule has 1 aromatic carbocycles. The lowest BCUT2D eigenvalue weighted by Crippen LogP contribution is -2.20. The zero-order chi connectivity index (χ0) is 17.5. The standard InChI is InChI=1S/C23H31NO/c1-3-5-19-6-8-20(9-7-19)17-25-23-15-14-22(16-24-23)21-12-10-18(4-2)11-13-21/h10-16,19-20H,3-9,17H2,1-2H3. The van der Waals surface area contributed by atoms with Gasteiger partial charge >= 0.3 is 0 Å². The van der Waals surface area contributed by atoms with Crippen LogP contribution in [0.25, 0.3) is 11.1 Å². The highest BCUT2D eigenvalue weighted by Gasteiger charge is 2.21. The Morgan fingerprint density at radius 1 is 0.880 bits per heavy atom. The fourth-order valence-electron chi connectivity index (χ4n) is 3.87. The van der Waals surface area contributed by atoms with Crippen LogP contribution in [-0.2, 0) is 6.42 Å². The average Bonchev–Trinajstić information content (AvgIpc) is 2.68. The molecule has 1 fully saturated rings. The summed E-state index contributed by atoms with van der Waals surface area (Å²) < 4.78 is 5.96. The number of hydrogen-bond donors (Lipinski definition) is 0. The summed E-state index contributed by atoms with van der Waals surface area (Å²) >= 11 is 0. The Hall–Kier alpha value is -1.83. The number of hydrogen-bond acceptors (Lipinski definition) is 2. The lowest BCUT2D eigenvalue weighted by atomic mass is 9.80. The van der Waals surface area contributed by atoms with Crippen LogP contribution in [0.5, 0.6) is 5.88 Å². The smallest absolute Gasteiger partial charge is 0.213 e. The van der Waals surface area contributed by atoms with E-state index in [1.165, 1.54) is 49.7 Å². The van der Waals surface area contributed by atoms with Gasteiger partial charge in [0, 0.05) is 17.8 Å². The topological polar surface area (TPSA) is 22.1 Å². The van der Waals surface area contributed by atoms with E-state index in [0.29, 0.717) is 5.92 Å². The van der Waals surface area contributed by atoms with Crippen molar-refractivity contribution in [3.63, 3.8) is 0 Å². The van der Waals surface area contributed by atoms with Crippen molar-refractivity contribution in [1.82, 2.24) is 4.98 Å². The highest BCUT2D eigenvalue weighted by molar-refractivity contribution is 5.62. The maximum atomic E-state index is 5.96. The van der Waals surface area contributed by atoms with Gasteiger partial charge in [-0.3, -0.25) is 0 Å². The van der Waals surface area contributed by atoms with Crippen LogP contribution < -0.4 is 4.74 Å². The van der Waals surface area contributed by atoms with Crippen molar-refractivity contribution in [1.29, 1.82) is 0 Å². The van der Waals surface area contributed by atoms with Gasteiger partial charge in [-0.25, -0.2) is 4.98 Å². The number of benzene rings is 1. The summed E-state index contributed by atoms with van der Waals surface area (Å²) in [6.07, 6.45) is 11.1. The van der Waals surface area contributed by atoms with Gasteiger partial charge in [0.1, 0.15) is 0 Å². The molecule has 0 amide bonds. The molecule has 134 valence electrons. The summed E-state index contributed by atoms with van der Waals surface area (Å²) in [6.45, 7) is 5.29. The molecule has 0 N–H and O–H groups in total. The summed E-state index contributed by atoms with van der Waals surface area (Å²) in [5.74, 6) is 2.42. The van der Waals surface area contributed by atoms with E-state index in [2.05, 4.69) is 49.2 Å². The van der Waals surface area contributed by atoms with Crippen molar-refractivity contribution < 1.29 is 4.74 Å². The van der Waals surface area contributed by atoms with E-state index in [9.17, 15) is 0 Å². The summed E-state index contributed by atoms with van der Waals surface area (Å²) in [5, 5.41) is 0. The Balaban J connectivity index is 1.49. The molecule has 0 unspecified atom stereocenters. The van der Waals surface area contributed by atoms with E-state index >= 15 is 0 Å². The zero-order valence-electron chi connectivity index (χ0n) is 15.7. The predicted octanol–water partition coefficient (Wildman–Crippen LogP) is 6.30. The number of rotatable bonds is 7. The van der Waals surface area contributed by atoms with Crippen LogP contribution in [-0.4, -0.2) is 11.6 Å². The molecule has 2 aromatic rings. The fraction of sp³-hybridized carbons (Fsp3) is 0.522. The van der Waals surface area contributed by atoms with Crippen LogP contribution in [0.3, 0.4) is 0 Å². The molecule has 0 saturated heterocycles. The van der Waals surface area contributed by atoms with E-state index in [0.717, 1.165) is 30.4 Å². The van der Waals surface area contributed by atoms with E-state index in [4.69, 9.17) is 4.74 Å². The molecule has 2 nitrogen and oxygen atoms in total. The molecule has 0 atom stereocenters. The van der Waals surface area contributed by atoms with Crippen LogP contribution >= 0.6 is 0 Å².